The first-order valence-corrected chi connectivity index (χ1v) is 36.1. The molecule has 0 amide bonds. The van der Waals surface area contributed by atoms with Crippen molar-refractivity contribution in [3.8, 4) is 0 Å². The summed E-state index contributed by atoms with van der Waals surface area (Å²) in [7, 11) is 0. The van der Waals surface area contributed by atoms with Crippen LogP contribution in [0.5, 0.6) is 0 Å². The van der Waals surface area contributed by atoms with Crippen LogP contribution < -0.4 is 44.5 Å². The van der Waals surface area contributed by atoms with Gasteiger partial charge >= 0.3 is 0 Å². The average Bonchev–Trinajstić information content (AvgIpc) is 1.61. The van der Waals surface area contributed by atoms with Gasteiger partial charge in [0.15, 0.2) is 0 Å². The number of benzene rings is 10. The van der Waals surface area contributed by atoms with Crippen LogP contribution in [-0.4, -0.2) is 27.4 Å². The summed E-state index contributed by atoms with van der Waals surface area (Å²) >= 11 is 0. The molecule has 0 radical (unpaired) electrons. The first kappa shape index (κ1) is 63.0. The van der Waals surface area contributed by atoms with Crippen LogP contribution >= 0.6 is 0 Å². The molecule has 16 aromatic rings. The third kappa shape index (κ3) is 8.28. The molecule has 96 heavy (non-hydrogen) atoms. The predicted octanol–water partition coefficient (Wildman–Crippen LogP) is 18.2. The zero-order chi connectivity index (χ0) is 67.5. The second-order valence-corrected chi connectivity index (χ2v) is 28.1. The summed E-state index contributed by atoms with van der Waals surface area (Å²) in [4.78, 5) is 114. The maximum Gasteiger partial charge on any atom is 0.261 e. The number of aromatic nitrogens is 6. The molecule has 6 aromatic heterocycles. The van der Waals surface area contributed by atoms with Crippen LogP contribution in [0.25, 0.3) is 151 Å². The second kappa shape index (κ2) is 23.4. The largest absolute Gasteiger partial charge is 0.340 e. The summed E-state index contributed by atoms with van der Waals surface area (Å²) in [6.07, 6.45) is 14.2. The first-order valence-electron chi connectivity index (χ1n) is 36.1. The normalized spacial score (nSPS) is 13.0. The van der Waals surface area contributed by atoms with E-state index in [1.165, 1.54) is 18.3 Å². The Labute approximate surface area is 555 Å². The molecule has 0 saturated heterocycles. The maximum atomic E-state index is 14.4. The summed E-state index contributed by atoms with van der Waals surface area (Å²) in [5, 5.41) is 19.3. The second-order valence-electron chi connectivity index (χ2n) is 28.1. The van der Waals surface area contributed by atoms with Crippen molar-refractivity contribution in [1.29, 1.82) is 0 Å². The summed E-state index contributed by atoms with van der Waals surface area (Å²) in [5.74, 6) is 0. The van der Waals surface area contributed by atoms with Crippen molar-refractivity contribution >= 4 is 151 Å². The number of unbranched alkanes of at least 4 members (excludes halogenated alkanes) is 6. The zero-order valence-electron chi connectivity index (χ0n) is 57.8. The Balaban J connectivity index is 0.000000165. The lowest BCUT2D eigenvalue weighted by atomic mass is 9.84. The Morgan fingerprint density at radius 3 is 0.771 bits per heavy atom. The average molecular weight is 1290 g/mol. The van der Waals surface area contributed by atoms with E-state index in [4.69, 9.17) is 0 Å². The molecule has 14 nitrogen and oxygen atoms in total. The summed E-state index contributed by atoms with van der Waals surface area (Å²) in [6, 6.07) is 19.1. The number of fused-ring (bicyclic) bond motifs is 2. The van der Waals surface area contributed by atoms with Gasteiger partial charge in [-0.15, -0.1) is 0 Å². The van der Waals surface area contributed by atoms with Gasteiger partial charge in [0.25, 0.3) is 44.5 Å². The minimum atomic E-state index is -0.230. The number of pyridine rings is 4. The quantitative estimate of drug-likeness (QED) is 0.0367. The van der Waals surface area contributed by atoms with Crippen molar-refractivity contribution < 1.29 is 1.43 Å². The van der Waals surface area contributed by atoms with E-state index >= 15 is 0 Å². The Morgan fingerprint density at radius 2 is 0.500 bits per heavy atom. The number of aryl methyl sites for hydroxylation is 4. The zero-order valence-corrected chi connectivity index (χ0v) is 57.8. The van der Waals surface area contributed by atoms with Crippen molar-refractivity contribution in [3.63, 3.8) is 0 Å². The highest BCUT2D eigenvalue weighted by Gasteiger charge is 2.34. The van der Waals surface area contributed by atoms with E-state index in [0.29, 0.717) is 94.5 Å². The monoisotopic (exact) mass is 1290 g/mol. The van der Waals surface area contributed by atoms with Crippen LogP contribution in [0.4, 0.5) is 0 Å². The third-order valence-electron chi connectivity index (χ3n) is 23.2. The number of hydrogen-bond acceptors (Lipinski definition) is 8. The van der Waals surface area contributed by atoms with Crippen LogP contribution in [-0.2, 0) is 13.1 Å². The molecule has 10 aromatic carbocycles. The van der Waals surface area contributed by atoms with E-state index in [1.807, 2.05) is 130 Å². The molecule has 0 spiro atoms. The first-order chi connectivity index (χ1) is 46.5. The molecule has 0 atom stereocenters. The molecule has 0 fully saturated rings. The number of nitrogens with zero attached hydrogens (tertiary/aromatic N) is 6. The van der Waals surface area contributed by atoms with Crippen molar-refractivity contribution in [3.05, 3.63) is 155 Å². The topological polar surface area (TPSA) is 166 Å². The minimum Gasteiger partial charge on any atom is -0.340 e. The van der Waals surface area contributed by atoms with E-state index in [-0.39, 0.29) is 70.1 Å². The highest BCUT2D eigenvalue weighted by atomic mass is 16.2. The van der Waals surface area contributed by atoms with Gasteiger partial charge in [-0.05, 0) is 159 Å². The third-order valence-corrected chi connectivity index (χ3v) is 23.2. The molecular formula is C82H88N6O8. The van der Waals surface area contributed by atoms with E-state index in [0.717, 1.165) is 184 Å². The predicted molar refractivity (Wildman–Crippen MR) is 404 cm³/mol. The van der Waals surface area contributed by atoms with Crippen LogP contribution in [0.1, 0.15) is 209 Å². The van der Waals surface area contributed by atoms with Crippen molar-refractivity contribution in [2.75, 3.05) is 0 Å². The molecule has 0 bridgehead atoms. The van der Waals surface area contributed by atoms with Gasteiger partial charge in [0.2, 0.25) is 0 Å². The van der Waals surface area contributed by atoms with Gasteiger partial charge in [-0.25, -0.2) is 0 Å². The van der Waals surface area contributed by atoms with Crippen LogP contribution in [0, 0.1) is 13.8 Å². The smallest absolute Gasteiger partial charge is 0.261 e. The van der Waals surface area contributed by atoms with Gasteiger partial charge in [0.1, 0.15) is 0 Å². The SMILES string of the molecule is CCCCCCn1c2cc3c(=O)n(C(CC)CC)c(=O)c4ccc5c6c(C)cc7c(=O)n(C(CC)CC)c(=O)c8cc1c(c6c78)c2c5c43.CCCCCCn1c2cc3c(=O)n(C(CC)CC)c(=O)c4ccc5c6c(C)cc7c(=O)n(C(CC)CC)c(=O)c8cc1c(c6c78)c2c5c43.[2HH]. The standard InChI is InChI=1S/2C41H43N3O4.H2/c2*1-7-12-13-14-17-42-29-19-27-32-25(38(45)43(40(27)47)22(8-2)9-3)16-15-24-31-21(6)18-26-33-28(41(48)44(39(26)46)23(10-4)11-5)20-30(42)36(37(31)33)35(29)34(24)32;/h2*15-16,18-20,22-23H,7-14,17H2,1-6H3;1H/i;;1+1. The summed E-state index contributed by atoms with van der Waals surface area (Å²) in [5.41, 5.74) is 3.90. The molecule has 0 aliphatic heterocycles. The maximum absolute atomic E-state index is 14.4. The van der Waals surface area contributed by atoms with Gasteiger partial charge in [-0.3, -0.25) is 56.6 Å². The van der Waals surface area contributed by atoms with Crippen molar-refractivity contribution in [2.45, 2.75) is 223 Å². The molecule has 0 aliphatic rings. The fourth-order valence-electron chi connectivity index (χ4n) is 18.4. The Hall–Kier alpha value is -9.04. The van der Waals surface area contributed by atoms with Crippen molar-refractivity contribution in [2.24, 2.45) is 0 Å². The molecule has 0 N–H and O–H groups in total. The van der Waals surface area contributed by atoms with Gasteiger partial charge in [-0.1, -0.05) is 120 Å². The van der Waals surface area contributed by atoms with Crippen LogP contribution in [0.3, 0.4) is 0 Å². The van der Waals surface area contributed by atoms with E-state index in [9.17, 15) is 38.4 Å². The molecule has 0 unspecified atom stereocenters. The minimum absolute atomic E-state index is 0. The molecule has 0 aliphatic carbocycles. The molecular weight excluding hydrogens is 1200 g/mol. The highest BCUT2D eigenvalue weighted by Crippen LogP contribution is 2.53. The fraction of sp³-hybridized carbons (Fsp3) is 0.415. The Kier molecular flexibility index (Phi) is 15.3. The van der Waals surface area contributed by atoms with Gasteiger partial charge in [-0.2, -0.15) is 0 Å². The summed E-state index contributed by atoms with van der Waals surface area (Å²) < 4.78 is 10.6. The van der Waals surface area contributed by atoms with Gasteiger partial charge < -0.3 is 9.13 Å². The van der Waals surface area contributed by atoms with Crippen molar-refractivity contribution in [1.82, 2.24) is 27.4 Å². The number of rotatable bonds is 22. The molecule has 6 heterocycles. The molecule has 16 rings (SSSR count). The summed E-state index contributed by atoms with van der Waals surface area (Å²) in [6.45, 7) is 26.2. The molecule has 494 valence electrons. The lowest BCUT2D eigenvalue weighted by molar-refractivity contribution is 0.451. The molecule has 14 heteroatoms. The van der Waals surface area contributed by atoms with Gasteiger partial charge in [0, 0.05) is 125 Å². The molecule has 0 saturated carbocycles. The fourth-order valence-corrected chi connectivity index (χ4v) is 18.4. The van der Waals surface area contributed by atoms with Crippen LogP contribution in [0.2, 0.25) is 0 Å². The van der Waals surface area contributed by atoms with Crippen LogP contribution in [0.15, 0.2) is 99.0 Å². The van der Waals surface area contributed by atoms with Gasteiger partial charge in [0.05, 0.1) is 43.6 Å². The van der Waals surface area contributed by atoms with E-state index in [2.05, 4.69) is 23.0 Å². The van der Waals surface area contributed by atoms with E-state index < -0.39 is 0 Å². The van der Waals surface area contributed by atoms with E-state index in [1.54, 1.807) is 0 Å². The lowest BCUT2D eigenvalue weighted by Crippen LogP contribution is -2.36. The number of hydrogen-bond donors (Lipinski definition) is 0. The Bertz CT molecular complexity index is 5910. The lowest BCUT2D eigenvalue weighted by Gasteiger charge is -2.21. The Morgan fingerprint density at radius 1 is 0.260 bits per heavy atom. The highest BCUT2D eigenvalue weighted by molar-refractivity contribution is 6.47.